The molecule has 5 aromatic rings. The zero-order valence-corrected chi connectivity index (χ0v) is 19.4. The lowest BCUT2D eigenvalue weighted by atomic mass is 10.0. The largest absolute Gasteiger partial charge is 0.507 e. The Bertz CT molecular complexity index is 1520. The van der Waals surface area contributed by atoms with Crippen molar-refractivity contribution in [1.29, 1.82) is 0 Å². The van der Waals surface area contributed by atoms with Crippen molar-refractivity contribution in [2.24, 2.45) is 0 Å². The van der Waals surface area contributed by atoms with E-state index in [1.807, 2.05) is 24.3 Å². The van der Waals surface area contributed by atoms with Crippen LogP contribution in [-0.2, 0) is 0 Å². The van der Waals surface area contributed by atoms with Gasteiger partial charge in [-0.3, -0.25) is 10.1 Å². The van der Waals surface area contributed by atoms with Crippen molar-refractivity contribution in [3.8, 4) is 27.4 Å². The van der Waals surface area contributed by atoms with Gasteiger partial charge in [0, 0.05) is 38.5 Å². The van der Waals surface area contributed by atoms with Gasteiger partial charge in [0.15, 0.2) is 0 Å². The maximum Gasteiger partial charge on any atom is 0.270 e. The van der Waals surface area contributed by atoms with Crippen molar-refractivity contribution in [1.82, 2.24) is 9.97 Å². The predicted octanol–water partition coefficient (Wildman–Crippen LogP) is 7.63. The second-order valence-corrected chi connectivity index (χ2v) is 10.1. The van der Waals surface area contributed by atoms with E-state index in [4.69, 9.17) is 21.6 Å². The normalized spacial score (nSPS) is 11.6. The molecule has 1 N–H and O–H groups in total. The highest BCUT2D eigenvalue weighted by Gasteiger charge is 2.22. The predicted molar refractivity (Wildman–Crippen MR) is 131 cm³/mol. The summed E-state index contributed by atoms with van der Waals surface area (Å²) in [5.74, 6) is 0.287. The Kier molecular flexibility index (Phi) is 5.08. The minimum Gasteiger partial charge on any atom is -0.507 e. The molecule has 0 unspecified atom stereocenters. The second kappa shape index (κ2) is 7.81. The third kappa shape index (κ3) is 3.40. The van der Waals surface area contributed by atoms with Crippen molar-refractivity contribution in [3.05, 3.63) is 68.5 Å². The van der Waals surface area contributed by atoms with Crippen molar-refractivity contribution < 1.29 is 10.0 Å². The Morgan fingerprint density at radius 1 is 1.03 bits per heavy atom. The third-order valence-electron chi connectivity index (χ3n) is 5.18. The van der Waals surface area contributed by atoms with E-state index >= 15 is 0 Å². The van der Waals surface area contributed by atoms with Crippen LogP contribution in [0.4, 0.5) is 5.69 Å². The number of hydrogen-bond donors (Lipinski definition) is 1. The molecule has 0 radical (unpaired) electrons. The first-order chi connectivity index (χ1) is 15.3. The topological polar surface area (TPSA) is 89.2 Å². The lowest BCUT2D eigenvalue weighted by Gasteiger charge is -2.07. The fraction of sp³-hybridized carbons (Fsp3) is 0.130. The van der Waals surface area contributed by atoms with E-state index in [1.165, 1.54) is 34.4 Å². The second-order valence-electron chi connectivity index (χ2n) is 7.62. The van der Waals surface area contributed by atoms with Gasteiger partial charge in [-0.2, -0.15) is 0 Å². The molecule has 0 amide bonds. The van der Waals surface area contributed by atoms with E-state index in [0.717, 1.165) is 21.3 Å². The quantitative estimate of drug-likeness (QED) is 0.210. The number of halogens is 1. The number of aromatic hydroxyl groups is 1. The molecule has 0 saturated carbocycles. The Balaban J connectivity index is 1.84. The summed E-state index contributed by atoms with van der Waals surface area (Å²) in [5, 5.41) is 23.7. The van der Waals surface area contributed by atoms with Crippen LogP contribution in [0.1, 0.15) is 24.6 Å². The zero-order chi connectivity index (χ0) is 22.6. The number of aromatic nitrogens is 2. The van der Waals surface area contributed by atoms with E-state index in [9.17, 15) is 15.2 Å². The van der Waals surface area contributed by atoms with Crippen molar-refractivity contribution in [2.75, 3.05) is 0 Å². The van der Waals surface area contributed by atoms with Crippen LogP contribution in [0, 0.1) is 10.1 Å². The summed E-state index contributed by atoms with van der Waals surface area (Å²) in [6.07, 6.45) is 0. The molecule has 0 aliphatic carbocycles. The molecule has 0 saturated heterocycles. The first-order valence-electron chi connectivity index (χ1n) is 9.80. The maximum atomic E-state index is 11.2. The Labute approximate surface area is 195 Å². The van der Waals surface area contributed by atoms with E-state index in [0.29, 0.717) is 31.9 Å². The molecule has 0 aliphatic rings. The van der Waals surface area contributed by atoms with Crippen LogP contribution in [0.25, 0.3) is 42.3 Å². The van der Waals surface area contributed by atoms with Crippen molar-refractivity contribution >= 4 is 60.5 Å². The SMILES string of the molecule is CC(C)c1cc2c(-c3ccccc3Cl)c3nc(-c4cc([N+](=O)[O-])ccc4O)sc3nc2s1. The highest BCUT2D eigenvalue weighted by Crippen LogP contribution is 2.45. The minimum atomic E-state index is -0.493. The van der Waals surface area contributed by atoms with Gasteiger partial charge in [-0.25, -0.2) is 9.97 Å². The number of nitrogens with zero attached hydrogens (tertiary/aromatic N) is 3. The van der Waals surface area contributed by atoms with Gasteiger partial charge in [0.1, 0.15) is 25.9 Å². The number of fused-ring (bicyclic) bond motifs is 2. The summed E-state index contributed by atoms with van der Waals surface area (Å²) < 4.78 is 0. The van der Waals surface area contributed by atoms with Crippen LogP contribution in [0.3, 0.4) is 0 Å². The lowest BCUT2D eigenvalue weighted by molar-refractivity contribution is -0.384. The number of non-ortho nitro benzene ring substituents is 1. The van der Waals surface area contributed by atoms with E-state index in [1.54, 1.807) is 11.3 Å². The number of pyridine rings is 1. The van der Waals surface area contributed by atoms with Gasteiger partial charge in [0.05, 0.1) is 10.5 Å². The Morgan fingerprint density at radius 2 is 1.81 bits per heavy atom. The molecule has 2 aromatic carbocycles. The summed E-state index contributed by atoms with van der Waals surface area (Å²) >= 11 is 9.50. The van der Waals surface area contributed by atoms with Crippen molar-refractivity contribution in [2.45, 2.75) is 19.8 Å². The molecule has 0 fully saturated rings. The molecule has 3 aromatic heterocycles. The van der Waals surface area contributed by atoms with Gasteiger partial charge in [-0.15, -0.1) is 11.3 Å². The number of rotatable bonds is 4. The van der Waals surface area contributed by atoms with E-state index < -0.39 is 4.92 Å². The summed E-state index contributed by atoms with van der Waals surface area (Å²) in [4.78, 5) is 23.2. The number of thiazole rings is 1. The highest BCUT2D eigenvalue weighted by atomic mass is 35.5. The maximum absolute atomic E-state index is 11.2. The zero-order valence-electron chi connectivity index (χ0n) is 17.0. The van der Waals surface area contributed by atoms with E-state index in [-0.39, 0.29) is 11.4 Å². The first-order valence-corrected chi connectivity index (χ1v) is 11.8. The molecule has 32 heavy (non-hydrogen) atoms. The van der Waals surface area contributed by atoms with Gasteiger partial charge in [-0.1, -0.05) is 55.0 Å². The molecule has 3 heterocycles. The third-order valence-corrected chi connectivity index (χ3v) is 7.83. The minimum absolute atomic E-state index is 0.0714. The fourth-order valence-electron chi connectivity index (χ4n) is 3.58. The molecule has 5 rings (SSSR count). The lowest BCUT2D eigenvalue weighted by Crippen LogP contribution is -1.89. The Hall–Kier alpha value is -3.07. The van der Waals surface area contributed by atoms with Gasteiger partial charge in [-0.05, 0) is 24.1 Å². The van der Waals surface area contributed by atoms with Gasteiger partial charge < -0.3 is 5.11 Å². The molecule has 9 heteroatoms. The van der Waals surface area contributed by atoms with Crippen LogP contribution in [0.15, 0.2) is 48.5 Å². The fourth-order valence-corrected chi connectivity index (χ4v) is 5.88. The molecule has 0 spiro atoms. The summed E-state index contributed by atoms with van der Waals surface area (Å²) in [6.45, 7) is 4.29. The molecule has 160 valence electrons. The molecule has 0 bridgehead atoms. The average Bonchev–Trinajstić information content (AvgIpc) is 3.37. The number of nitro benzene ring substituents is 1. The van der Waals surface area contributed by atoms with Gasteiger partial charge in [0.25, 0.3) is 5.69 Å². The van der Waals surface area contributed by atoms with Crippen LogP contribution in [-0.4, -0.2) is 20.0 Å². The monoisotopic (exact) mass is 481 g/mol. The number of phenols is 1. The number of thiophene rings is 1. The number of nitro groups is 1. The Morgan fingerprint density at radius 3 is 2.53 bits per heavy atom. The molecule has 6 nitrogen and oxygen atoms in total. The first kappa shape index (κ1) is 20.8. The average molecular weight is 482 g/mol. The van der Waals surface area contributed by atoms with Crippen LogP contribution < -0.4 is 0 Å². The van der Waals surface area contributed by atoms with Gasteiger partial charge >= 0.3 is 0 Å². The molecule has 0 atom stereocenters. The summed E-state index contributed by atoms with van der Waals surface area (Å²) in [5.41, 5.74) is 2.58. The molecule has 0 aliphatic heterocycles. The highest BCUT2D eigenvalue weighted by molar-refractivity contribution is 7.22. The van der Waals surface area contributed by atoms with Crippen molar-refractivity contribution in [3.63, 3.8) is 0 Å². The number of phenolic OH excluding ortho intramolecular Hbond substituents is 1. The standard InChI is InChI=1S/C23H16ClN3O3S2/c1-11(2)18-10-15-19(13-5-3-4-6-16(13)24)20-23(26-22(15)31-18)32-21(25-20)14-9-12(27(29)30)7-8-17(14)28/h3-11,28H,1-2H3. The number of benzene rings is 2. The van der Waals surface area contributed by atoms with Crippen LogP contribution >= 0.6 is 34.3 Å². The smallest absolute Gasteiger partial charge is 0.270 e. The van der Waals surface area contributed by atoms with Gasteiger partial charge in [0.2, 0.25) is 0 Å². The summed E-state index contributed by atoms with van der Waals surface area (Å²) in [6, 6.07) is 13.6. The van der Waals surface area contributed by atoms with Crippen LogP contribution in [0.5, 0.6) is 5.75 Å². The summed E-state index contributed by atoms with van der Waals surface area (Å²) in [7, 11) is 0. The number of hydrogen-bond acceptors (Lipinski definition) is 7. The van der Waals surface area contributed by atoms with E-state index in [2.05, 4.69) is 19.9 Å². The molecular formula is C23H16ClN3O3S2. The van der Waals surface area contributed by atoms with Crippen LogP contribution in [0.2, 0.25) is 5.02 Å². The molecular weight excluding hydrogens is 466 g/mol.